The quantitative estimate of drug-likeness (QED) is 0.683. The van der Waals surface area contributed by atoms with Crippen LogP contribution < -0.4 is 11.1 Å². The van der Waals surface area contributed by atoms with Gasteiger partial charge in [-0.2, -0.15) is 0 Å². The summed E-state index contributed by atoms with van der Waals surface area (Å²) in [5.41, 5.74) is 10.2. The van der Waals surface area contributed by atoms with Gasteiger partial charge in [0, 0.05) is 17.6 Å². The van der Waals surface area contributed by atoms with Crippen LogP contribution in [-0.4, -0.2) is 0 Å². The van der Waals surface area contributed by atoms with E-state index in [0.717, 1.165) is 11.4 Å². The Morgan fingerprint density at radius 1 is 0.913 bits per heavy atom. The maximum absolute atomic E-state index is 5.36. The average molecular weight is 329 g/mol. The van der Waals surface area contributed by atoms with Crippen LogP contribution in [-0.2, 0) is 0 Å². The zero-order chi connectivity index (χ0) is 15.6. The number of hydrogen-bond donors (Lipinski definition) is 2. The smallest absolute Gasteiger partial charge is 0.0379 e. The number of rotatable bonds is 2. The van der Waals surface area contributed by atoms with Crippen LogP contribution in [0, 0.1) is 0 Å². The van der Waals surface area contributed by atoms with E-state index < -0.39 is 0 Å². The van der Waals surface area contributed by atoms with Gasteiger partial charge in [0.1, 0.15) is 0 Å². The fourth-order valence-electron chi connectivity index (χ4n) is 2.31. The lowest BCUT2D eigenvalue weighted by atomic mass is 9.97. The summed E-state index contributed by atoms with van der Waals surface area (Å²) < 4.78 is 0. The number of nitrogen functional groups attached to an aromatic ring is 1. The molecular weight excluding hydrogens is 304 g/mol. The second kappa shape index (κ2) is 10.5. The first-order valence-corrected chi connectivity index (χ1v) is 7.72. The molecule has 2 aromatic carbocycles. The van der Waals surface area contributed by atoms with Crippen LogP contribution in [0.1, 0.15) is 26.2 Å². The number of benzene rings is 2. The van der Waals surface area contributed by atoms with E-state index in [1.54, 1.807) is 0 Å². The molecule has 0 saturated carbocycles. The number of anilines is 2. The van der Waals surface area contributed by atoms with Gasteiger partial charge in [0.25, 0.3) is 0 Å². The second-order valence-electron chi connectivity index (χ2n) is 5.48. The summed E-state index contributed by atoms with van der Waals surface area (Å²) >= 11 is 0. The van der Waals surface area contributed by atoms with E-state index in [1.807, 2.05) is 48.5 Å². The van der Waals surface area contributed by atoms with Gasteiger partial charge in [-0.15, -0.1) is 12.4 Å². The molecule has 0 spiro atoms. The van der Waals surface area contributed by atoms with Crippen molar-refractivity contribution in [3.8, 4) is 0 Å². The highest BCUT2D eigenvalue weighted by atomic mass is 35.5. The SMILES string of the molecule is CC1=C/C(=C/Nc2ccccc2)CCC1.Cl.Nc1ccccc1. The molecule has 2 nitrogen and oxygen atoms in total. The Morgan fingerprint density at radius 3 is 2.04 bits per heavy atom. The lowest BCUT2D eigenvalue weighted by molar-refractivity contribution is 0.783. The van der Waals surface area contributed by atoms with Crippen LogP contribution in [0.5, 0.6) is 0 Å². The van der Waals surface area contributed by atoms with E-state index in [9.17, 15) is 0 Å². The molecule has 0 unspecified atom stereocenters. The average Bonchev–Trinajstić information content (AvgIpc) is 2.55. The molecule has 0 bridgehead atoms. The van der Waals surface area contributed by atoms with Crippen LogP contribution in [0.4, 0.5) is 11.4 Å². The summed E-state index contributed by atoms with van der Waals surface area (Å²) in [6, 6.07) is 19.8. The highest BCUT2D eigenvalue weighted by Crippen LogP contribution is 2.21. The first kappa shape index (κ1) is 18.9. The Balaban J connectivity index is 0.000000280. The van der Waals surface area contributed by atoms with Gasteiger partial charge >= 0.3 is 0 Å². The number of allylic oxidation sites excluding steroid dienone is 3. The summed E-state index contributed by atoms with van der Waals surface area (Å²) in [7, 11) is 0. The number of para-hydroxylation sites is 2. The van der Waals surface area contributed by atoms with E-state index in [4.69, 9.17) is 5.73 Å². The first-order valence-electron chi connectivity index (χ1n) is 7.72. The fraction of sp³-hybridized carbons (Fsp3) is 0.200. The minimum absolute atomic E-state index is 0. The van der Waals surface area contributed by atoms with Gasteiger partial charge in [-0.1, -0.05) is 48.0 Å². The molecule has 0 aliphatic heterocycles. The molecule has 0 atom stereocenters. The zero-order valence-corrected chi connectivity index (χ0v) is 14.4. The van der Waals surface area contributed by atoms with Crippen molar-refractivity contribution in [2.75, 3.05) is 11.1 Å². The molecule has 3 heteroatoms. The van der Waals surface area contributed by atoms with Gasteiger partial charge in [0.2, 0.25) is 0 Å². The minimum atomic E-state index is 0. The number of nitrogens with two attached hydrogens (primary N) is 1. The van der Waals surface area contributed by atoms with E-state index in [0.29, 0.717) is 0 Å². The summed E-state index contributed by atoms with van der Waals surface area (Å²) in [6.45, 7) is 2.20. The molecule has 1 aliphatic rings. The van der Waals surface area contributed by atoms with Crippen molar-refractivity contribution in [2.24, 2.45) is 0 Å². The third-order valence-corrected chi connectivity index (χ3v) is 3.47. The summed E-state index contributed by atoms with van der Waals surface area (Å²) in [6.07, 6.45) is 8.14. The summed E-state index contributed by atoms with van der Waals surface area (Å²) in [5, 5.41) is 3.33. The molecule has 0 heterocycles. The Kier molecular flexibility index (Phi) is 8.63. The van der Waals surface area contributed by atoms with Crippen molar-refractivity contribution in [3.05, 3.63) is 84.1 Å². The van der Waals surface area contributed by atoms with Gasteiger partial charge in [-0.3, -0.25) is 0 Å². The van der Waals surface area contributed by atoms with Crippen LogP contribution >= 0.6 is 12.4 Å². The van der Waals surface area contributed by atoms with E-state index >= 15 is 0 Å². The van der Waals surface area contributed by atoms with E-state index in [2.05, 4.69) is 36.6 Å². The molecule has 0 amide bonds. The maximum atomic E-state index is 5.36. The summed E-state index contributed by atoms with van der Waals surface area (Å²) in [5.74, 6) is 0. The molecule has 0 radical (unpaired) electrons. The molecule has 3 rings (SSSR count). The molecule has 3 N–H and O–H groups in total. The first-order chi connectivity index (χ1) is 10.7. The van der Waals surface area contributed by atoms with Gasteiger partial charge < -0.3 is 11.1 Å². The predicted octanol–water partition coefficient (Wildman–Crippen LogP) is 5.80. The molecule has 0 saturated heterocycles. The Hall–Kier alpha value is -2.19. The highest BCUT2D eigenvalue weighted by Gasteiger charge is 2.02. The Morgan fingerprint density at radius 2 is 1.52 bits per heavy atom. The number of hydrogen-bond acceptors (Lipinski definition) is 2. The Labute approximate surface area is 145 Å². The van der Waals surface area contributed by atoms with Gasteiger partial charge in [0.05, 0.1) is 0 Å². The lowest BCUT2D eigenvalue weighted by Crippen LogP contribution is -1.95. The molecule has 0 fully saturated rings. The van der Waals surface area contributed by atoms with Gasteiger partial charge in [-0.05, 0) is 56.0 Å². The fourth-order valence-corrected chi connectivity index (χ4v) is 2.31. The third kappa shape index (κ3) is 7.57. The van der Waals surface area contributed by atoms with Crippen LogP contribution in [0.15, 0.2) is 84.1 Å². The van der Waals surface area contributed by atoms with Crippen molar-refractivity contribution in [3.63, 3.8) is 0 Å². The van der Waals surface area contributed by atoms with Crippen molar-refractivity contribution in [1.82, 2.24) is 0 Å². The van der Waals surface area contributed by atoms with Crippen molar-refractivity contribution in [2.45, 2.75) is 26.2 Å². The monoisotopic (exact) mass is 328 g/mol. The molecular formula is C20H25ClN2. The topological polar surface area (TPSA) is 38.0 Å². The minimum Gasteiger partial charge on any atom is -0.399 e. The highest BCUT2D eigenvalue weighted by molar-refractivity contribution is 5.85. The number of nitrogens with one attached hydrogen (secondary N) is 1. The van der Waals surface area contributed by atoms with E-state index in [-0.39, 0.29) is 12.4 Å². The second-order valence-corrected chi connectivity index (χ2v) is 5.48. The largest absolute Gasteiger partial charge is 0.399 e. The molecule has 0 aromatic heterocycles. The predicted molar refractivity (Wildman–Crippen MR) is 104 cm³/mol. The van der Waals surface area contributed by atoms with Gasteiger partial charge in [-0.25, -0.2) is 0 Å². The maximum Gasteiger partial charge on any atom is 0.0379 e. The Bertz CT molecular complexity index is 619. The molecule has 2 aromatic rings. The van der Waals surface area contributed by atoms with Crippen LogP contribution in [0.2, 0.25) is 0 Å². The molecule has 122 valence electrons. The van der Waals surface area contributed by atoms with E-state index in [1.165, 1.54) is 30.4 Å². The summed E-state index contributed by atoms with van der Waals surface area (Å²) in [4.78, 5) is 0. The van der Waals surface area contributed by atoms with Crippen LogP contribution in [0.3, 0.4) is 0 Å². The van der Waals surface area contributed by atoms with Crippen molar-refractivity contribution < 1.29 is 0 Å². The molecule has 1 aliphatic carbocycles. The van der Waals surface area contributed by atoms with Crippen molar-refractivity contribution in [1.29, 1.82) is 0 Å². The van der Waals surface area contributed by atoms with Crippen molar-refractivity contribution >= 4 is 23.8 Å². The zero-order valence-electron chi connectivity index (χ0n) is 13.5. The van der Waals surface area contributed by atoms with Gasteiger partial charge in [0.15, 0.2) is 0 Å². The number of halogens is 1. The molecule has 23 heavy (non-hydrogen) atoms. The standard InChI is InChI=1S/C14H17N.C6H7N.ClH/c1-12-6-5-7-13(10-12)11-15-14-8-3-2-4-9-14;7-6-4-2-1-3-5-6;/h2-4,8-11,15H,5-7H2,1H3;1-5H,7H2;1H/b13-11+;;. The lowest BCUT2D eigenvalue weighted by Gasteiger charge is -2.12. The normalized spacial score (nSPS) is 14.8. The van der Waals surface area contributed by atoms with Crippen LogP contribution in [0.25, 0.3) is 0 Å². The third-order valence-electron chi connectivity index (χ3n) is 3.47.